The van der Waals surface area contributed by atoms with Crippen LogP contribution in [-0.2, 0) is 0 Å². The highest BCUT2D eigenvalue weighted by Gasteiger charge is 2.15. The molecule has 1 unspecified atom stereocenters. The molecule has 0 spiro atoms. The van der Waals surface area contributed by atoms with Gasteiger partial charge in [0.25, 0.3) is 5.89 Å². The van der Waals surface area contributed by atoms with Gasteiger partial charge in [-0.1, -0.05) is 22.8 Å². The molecule has 0 radical (unpaired) electrons. The summed E-state index contributed by atoms with van der Waals surface area (Å²) in [6.07, 6.45) is 0. The molecular weight excluding hydrogens is 242 g/mol. The van der Waals surface area contributed by atoms with Crippen LogP contribution < -0.4 is 5.73 Å². The molecule has 0 saturated heterocycles. The van der Waals surface area contributed by atoms with Gasteiger partial charge in [-0.3, -0.25) is 0 Å². The standard InChI is InChI=1S/C11H12ClN3O2/c1-6-2-3-7(12)4-8(6)11-14-10(15-17-11)9(13)5-16/h2-4,9,16H,5,13H2,1H3. The highest BCUT2D eigenvalue weighted by atomic mass is 35.5. The third-order valence-corrected chi connectivity index (χ3v) is 2.64. The summed E-state index contributed by atoms with van der Waals surface area (Å²) in [7, 11) is 0. The highest BCUT2D eigenvalue weighted by Crippen LogP contribution is 2.25. The van der Waals surface area contributed by atoms with Gasteiger partial charge in [0.15, 0.2) is 5.82 Å². The van der Waals surface area contributed by atoms with Gasteiger partial charge in [0, 0.05) is 10.6 Å². The first-order valence-corrected chi connectivity index (χ1v) is 5.46. The summed E-state index contributed by atoms with van der Waals surface area (Å²) in [4.78, 5) is 4.13. The summed E-state index contributed by atoms with van der Waals surface area (Å²) < 4.78 is 5.10. The van der Waals surface area contributed by atoms with Crippen LogP contribution in [0.3, 0.4) is 0 Å². The van der Waals surface area contributed by atoms with Crippen molar-refractivity contribution < 1.29 is 9.63 Å². The average Bonchev–Trinajstić information content (AvgIpc) is 2.80. The van der Waals surface area contributed by atoms with Crippen LogP contribution in [0.1, 0.15) is 17.4 Å². The van der Waals surface area contributed by atoms with E-state index in [4.69, 9.17) is 27.0 Å². The molecule has 5 nitrogen and oxygen atoms in total. The number of hydrogen-bond donors (Lipinski definition) is 2. The zero-order chi connectivity index (χ0) is 12.4. The number of hydrogen-bond acceptors (Lipinski definition) is 5. The van der Waals surface area contributed by atoms with Gasteiger partial charge >= 0.3 is 0 Å². The minimum atomic E-state index is -0.632. The number of aliphatic hydroxyl groups is 1. The summed E-state index contributed by atoms with van der Waals surface area (Å²) in [5.74, 6) is 0.630. The van der Waals surface area contributed by atoms with E-state index < -0.39 is 6.04 Å². The zero-order valence-corrected chi connectivity index (χ0v) is 9.98. The van der Waals surface area contributed by atoms with Crippen LogP contribution in [0.15, 0.2) is 22.7 Å². The molecule has 0 aliphatic heterocycles. The van der Waals surface area contributed by atoms with Crippen LogP contribution in [0.5, 0.6) is 0 Å². The van der Waals surface area contributed by atoms with Crippen molar-refractivity contribution in [2.24, 2.45) is 5.73 Å². The van der Waals surface area contributed by atoms with Gasteiger partial charge in [-0.05, 0) is 24.6 Å². The van der Waals surface area contributed by atoms with Crippen molar-refractivity contribution in [3.05, 3.63) is 34.6 Å². The predicted octanol–water partition coefficient (Wildman–Crippen LogP) is 1.69. The number of nitrogens with two attached hydrogens (primary N) is 1. The van der Waals surface area contributed by atoms with Crippen LogP contribution in [0.25, 0.3) is 11.5 Å². The fourth-order valence-electron chi connectivity index (χ4n) is 1.40. The van der Waals surface area contributed by atoms with E-state index in [2.05, 4.69) is 10.1 Å². The number of nitrogens with zero attached hydrogens (tertiary/aromatic N) is 2. The van der Waals surface area contributed by atoms with E-state index in [-0.39, 0.29) is 12.4 Å². The second-order valence-corrected chi connectivity index (χ2v) is 4.14. The van der Waals surface area contributed by atoms with Crippen molar-refractivity contribution in [3.63, 3.8) is 0 Å². The summed E-state index contributed by atoms with van der Waals surface area (Å²) >= 11 is 5.91. The van der Waals surface area contributed by atoms with Crippen molar-refractivity contribution in [1.29, 1.82) is 0 Å². The molecule has 3 N–H and O–H groups in total. The Bertz CT molecular complexity index is 527. The first kappa shape index (κ1) is 12.0. The monoisotopic (exact) mass is 253 g/mol. The van der Waals surface area contributed by atoms with Crippen molar-refractivity contribution in [3.8, 4) is 11.5 Å². The molecule has 2 rings (SSSR count). The number of halogens is 1. The number of benzene rings is 1. The Morgan fingerprint density at radius 2 is 2.29 bits per heavy atom. The molecule has 1 atom stereocenters. The minimum Gasteiger partial charge on any atom is -0.394 e. The van der Waals surface area contributed by atoms with E-state index >= 15 is 0 Å². The SMILES string of the molecule is Cc1ccc(Cl)cc1-c1nc(C(N)CO)no1. The van der Waals surface area contributed by atoms with Crippen LogP contribution in [0, 0.1) is 6.92 Å². The summed E-state index contributed by atoms with van der Waals surface area (Å²) in [5, 5.41) is 13.2. The lowest BCUT2D eigenvalue weighted by Gasteiger charge is -2.01. The molecule has 0 fully saturated rings. The maximum Gasteiger partial charge on any atom is 0.258 e. The second-order valence-electron chi connectivity index (χ2n) is 3.71. The Hall–Kier alpha value is -1.43. The average molecular weight is 254 g/mol. The largest absolute Gasteiger partial charge is 0.394 e. The van der Waals surface area contributed by atoms with Crippen molar-refractivity contribution in [2.45, 2.75) is 13.0 Å². The predicted molar refractivity (Wildman–Crippen MR) is 63.5 cm³/mol. The molecule has 17 heavy (non-hydrogen) atoms. The van der Waals surface area contributed by atoms with Gasteiger partial charge in [-0.2, -0.15) is 4.98 Å². The lowest BCUT2D eigenvalue weighted by atomic mass is 10.1. The number of aliphatic hydroxyl groups excluding tert-OH is 1. The Kier molecular flexibility index (Phi) is 3.42. The first-order valence-electron chi connectivity index (χ1n) is 5.08. The summed E-state index contributed by atoms with van der Waals surface area (Å²) in [6.45, 7) is 1.69. The third kappa shape index (κ3) is 2.46. The number of aromatic nitrogens is 2. The van der Waals surface area contributed by atoms with Gasteiger partial charge in [0.1, 0.15) is 0 Å². The van der Waals surface area contributed by atoms with E-state index in [9.17, 15) is 0 Å². The summed E-state index contributed by atoms with van der Waals surface area (Å²) in [5.41, 5.74) is 7.33. The molecule has 0 bridgehead atoms. The maximum absolute atomic E-state index is 8.90. The quantitative estimate of drug-likeness (QED) is 0.869. The molecule has 2 aromatic rings. The lowest BCUT2D eigenvalue weighted by Crippen LogP contribution is -2.15. The fraction of sp³-hybridized carbons (Fsp3) is 0.273. The van der Waals surface area contributed by atoms with E-state index in [0.717, 1.165) is 11.1 Å². The Labute approximate surface area is 103 Å². The minimum absolute atomic E-state index is 0.229. The van der Waals surface area contributed by atoms with Crippen LogP contribution >= 0.6 is 11.6 Å². The molecule has 0 aliphatic carbocycles. The molecule has 0 aliphatic rings. The fourth-order valence-corrected chi connectivity index (χ4v) is 1.57. The van der Waals surface area contributed by atoms with Gasteiger partial charge in [0.05, 0.1) is 12.6 Å². The summed E-state index contributed by atoms with van der Waals surface area (Å²) in [6, 6.07) is 4.77. The Morgan fingerprint density at radius 3 is 3.00 bits per heavy atom. The van der Waals surface area contributed by atoms with E-state index in [0.29, 0.717) is 10.9 Å². The molecule has 1 aromatic carbocycles. The molecule has 0 amide bonds. The van der Waals surface area contributed by atoms with Gasteiger partial charge in [-0.15, -0.1) is 0 Å². The molecular formula is C11H12ClN3O2. The molecule has 1 heterocycles. The normalized spacial score (nSPS) is 12.7. The first-order chi connectivity index (χ1) is 8.11. The zero-order valence-electron chi connectivity index (χ0n) is 9.22. The van der Waals surface area contributed by atoms with Crippen molar-refractivity contribution in [1.82, 2.24) is 10.1 Å². The van der Waals surface area contributed by atoms with Crippen molar-refractivity contribution in [2.75, 3.05) is 6.61 Å². The van der Waals surface area contributed by atoms with Crippen LogP contribution in [-0.4, -0.2) is 21.9 Å². The lowest BCUT2D eigenvalue weighted by molar-refractivity contribution is 0.260. The second kappa shape index (κ2) is 4.83. The number of aryl methyl sites for hydroxylation is 1. The van der Waals surface area contributed by atoms with E-state index in [1.54, 1.807) is 12.1 Å². The molecule has 90 valence electrons. The molecule has 0 saturated carbocycles. The maximum atomic E-state index is 8.90. The topological polar surface area (TPSA) is 85.2 Å². The Balaban J connectivity index is 2.40. The third-order valence-electron chi connectivity index (χ3n) is 2.40. The van der Waals surface area contributed by atoms with Crippen LogP contribution in [0.4, 0.5) is 0 Å². The molecule has 1 aromatic heterocycles. The van der Waals surface area contributed by atoms with Gasteiger partial charge < -0.3 is 15.4 Å². The van der Waals surface area contributed by atoms with E-state index in [1.165, 1.54) is 0 Å². The Morgan fingerprint density at radius 1 is 1.53 bits per heavy atom. The van der Waals surface area contributed by atoms with Crippen LogP contribution in [0.2, 0.25) is 5.02 Å². The smallest absolute Gasteiger partial charge is 0.258 e. The molecule has 6 heteroatoms. The van der Waals surface area contributed by atoms with Gasteiger partial charge in [0.2, 0.25) is 0 Å². The van der Waals surface area contributed by atoms with Gasteiger partial charge in [-0.25, -0.2) is 0 Å². The van der Waals surface area contributed by atoms with E-state index in [1.807, 2.05) is 13.0 Å². The number of rotatable bonds is 3. The van der Waals surface area contributed by atoms with Crippen molar-refractivity contribution >= 4 is 11.6 Å². The highest BCUT2D eigenvalue weighted by molar-refractivity contribution is 6.30.